The van der Waals surface area contributed by atoms with E-state index in [0.29, 0.717) is 67.6 Å². The molecule has 3 N–H and O–H groups in total. The van der Waals surface area contributed by atoms with Gasteiger partial charge in [-0.15, -0.1) is 0 Å². The molecule has 1 saturated heterocycles. The van der Waals surface area contributed by atoms with Crippen LogP contribution in [0.3, 0.4) is 0 Å². The largest absolute Gasteiger partial charge is 0.491 e. The van der Waals surface area contributed by atoms with Gasteiger partial charge in [0, 0.05) is 42.8 Å². The summed E-state index contributed by atoms with van der Waals surface area (Å²) < 4.78 is 17.1. The fourth-order valence-corrected chi connectivity index (χ4v) is 4.67. The maximum Gasteiger partial charge on any atom is 0.254 e. The van der Waals surface area contributed by atoms with Gasteiger partial charge in [-0.05, 0) is 60.5 Å². The number of amides is 1. The van der Waals surface area contributed by atoms with Crippen molar-refractivity contribution >= 4 is 16.8 Å². The van der Waals surface area contributed by atoms with Crippen LogP contribution in [-0.4, -0.2) is 84.2 Å². The van der Waals surface area contributed by atoms with Crippen LogP contribution in [0.25, 0.3) is 10.9 Å². The second-order valence-corrected chi connectivity index (χ2v) is 9.96. The van der Waals surface area contributed by atoms with Crippen LogP contribution in [0.15, 0.2) is 85.1 Å². The molecule has 0 spiro atoms. The van der Waals surface area contributed by atoms with Gasteiger partial charge in [-0.3, -0.25) is 9.78 Å². The molecular formula is C32H35N3O6. The second kappa shape index (κ2) is 14.0. The standard InChI is InChI=1S/C32H35N3O6/c36-21-25(34-20-26(37)22-40-27-4-2-1-3-5-27)18-23-6-9-28(10-7-23)41-31-12-13-33-30-19-24(8-11-29(30)31)32(38)35-14-16-39-17-15-35/h1-13,19,25-26,34,36-37H,14-18,20-22H2/t25?,26-/m0/s1. The van der Waals surface area contributed by atoms with Gasteiger partial charge in [-0.2, -0.15) is 0 Å². The van der Waals surface area contributed by atoms with Crippen molar-refractivity contribution in [1.82, 2.24) is 15.2 Å². The smallest absolute Gasteiger partial charge is 0.254 e. The number of aliphatic hydroxyl groups excluding tert-OH is 2. The number of morpholine rings is 1. The maximum atomic E-state index is 12.9. The molecule has 1 aromatic heterocycles. The SMILES string of the molecule is O=C(c1ccc2c(Oc3ccc(CC(CO)NC[C@H](O)COc4ccccc4)cc3)ccnc2c1)N1CCOCC1. The normalized spacial score (nSPS) is 14.9. The Labute approximate surface area is 239 Å². The van der Waals surface area contributed by atoms with Crippen LogP contribution in [-0.2, 0) is 11.2 Å². The fraction of sp³-hybridized carbons (Fsp3) is 0.312. The number of carbonyl (C=O) groups is 1. The quantitative estimate of drug-likeness (QED) is 0.243. The van der Waals surface area contributed by atoms with Gasteiger partial charge in [0.25, 0.3) is 5.91 Å². The predicted octanol–water partition coefficient (Wildman–Crippen LogP) is 3.43. The molecule has 9 nitrogen and oxygen atoms in total. The summed E-state index contributed by atoms with van der Waals surface area (Å²) >= 11 is 0. The van der Waals surface area contributed by atoms with E-state index in [0.717, 1.165) is 10.9 Å². The van der Waals surface area contributed by atoms with Crippen molar-refractivity contribution in [3.05, 3.63) is 96.2 Å². The first-order valence-corrected chi connectivity index (χ1v) is 13.8. The fourth-order valence-electron chi connectivity index (χ4n) is 4.67. The Balaban J connectivity index is 1.15. The zero-order valence-electron chi connectivity index (χ0n) is 22.8. The first-order chi connectivity index (χ1) is 20.1. The average molecular weight is 558 g/mol. The van der Waals surface area contributed by atoms with Crippen LogP contribution in [0.1, 0.15) is 15.9 Å². The molecule has 1 amide bonds. The van der Waals surface area contributed by atoms with E-state index in [-0.39, 0.29) is 25.2 Å². The van der Waals surface area contributed by atoms with E-state index in [2.05, 4.69) is 10.3 Å². The highest BCUT2D eigenvalue weighted by Gasteiger charge is 2.19. The highest BCUT2D eigenvalue weighted by atomic mass is 16.5. The zero-order chi connectivity index (χ0) is 28.4. The number of nitrogens with zero attached hydrogens (tertiary/aromatic N) is 2. The molecule has 2 atom stereocenters. The highest BCUT2D eigenvalue weighted by molar-refractivity contribution is 5.98. The number of ether oxygens (including phenoxy) is 3. The van der Waals surface area contributed by atoms with E-state index in [1.165, 1.54) is 0 Å². The number of fused-ring (bicyclic) bond motifs is 1. The van der Waals surface area contributed by atoms with Crippen LogP contribution in [0.4, 0.5) is 0 Å². The third-order valence-corrected chi connectivity index (χ3v) is 6.93. The minimum Gasteiger partial charge on any atom is -0.491 e. The third kappa shape index (κ3) is 7.80. The van der Waals surface area contributed by atoms with Gasteiger partial charge in [0.1, 0.15) is 30.0 Å². The topological polar surface area (TPSA) is 113 Å². The Morgan fingerprint density at radius 2 is 1.78 bits per heavy atom. The number of aliphatic hydroxyl groups is 2. The van der Waals surface area contributed by atoms with Gasteiger partial charge in [0.2, 0.25) is 0 Å². The number of para-hydroxylation sites is 1. The summed E-state index contributed by atoms with van der Waals surface area (Å²) in [5, 5.41) is 24.1. The van der Waals surface area contributed by atoms with Crippen molar-refractivity contribution in [3.63, 3.8) is 0 Å². The van der Waals surface area contributed by atoms with Gasteiger partial charge >= 0.3 is 0 Å². The molecule has 1 fully saturated rings. The van der Waals surface area contributed by atoms with Crippen molar-refractivity contribution in [2.45, 2.75) is 18.6 Å². The molecule has 0 aliphatic carbocycles. The lowest BCUT2D eigenvalue weighted by Gasteiger charge is -2.26. The van der Waals surface area contributed by atoms with Gasteiger partial charge < -0.3 is 34.6 Å². The van der Waals surface area contributed by atoms with E-state index in [4.69, 9.17) is 14.2 Å². The maximum absolute atomic E-state index is 12.9. The molecule has 3 aromatic carbocycles. The zero-order valence-corrected chi connectivity index (χ0v) is 22.8. The monoisotopic (exact) mass is 557 g/mol. The van der Waals surface area contributed by atoms with Crippen molar-refractivity contribution in [3.8, 4) is 17.2 Å². The number of hydrogen-bond acceptors (Lipinski definition) is 8. The number of carbonyl (C=O) groups excluding carboxylic acids is 1. The summed E-state index contributed by atoms with van der Waals surface area (Å²) in [5.74, 6) is 1.99. The summed E-state index contributed by atoms with van der Waals surface area (Å²) in [7, 11) is 0. The molecule has 5 rings (SSSR count). The van der Waals surface area contributed by atoms with E-state index < -0.39 is 6.10 Å². The first kappa shape index (κ1) is 28.5. The number of pyridine rings is 1. The Hall–Kier alpha value is -4.02. The predicted molar refractivity (Wildman–Crippen MR) is 156 cm³/mol. The average Bonchev–Trinajstić information content (AvgIpc) is 3.03. The summed E-state index contributed by atoms with van der Waals surface area (Å²) in [5.41, 5.74) is 2.30. The van der Waals surface area contributed by atoms with Crippen molar-refractivity contribution in [1.29, 1.82) is 0 Å². The van der Waals surface area contributed by atoms with Crippen LogP contribution in [0, 0.1) is 0 Å². The molecule has 0 radical (unpaired) electrons. The van der Waals surface area contributed by atoms with Crippen molar-refractivity contribution in [2.24, 2.45) is 0 Å². The summed E-state index contributed by atoms with van der Waals surface area (Å²) in [6.07, 6.45) is 1.55. The Morgan fingerprint density at radius 3 is 2.54 bits per heavy atom. The molecule has 41 heavy (non-hydrogen) atoms. The molecule has 9 heteroatoms. The summed E-state index contributed by atoms with van der Waals surface area (Å²) in [4.78, 5) is 19.1. The van der Waals surface area contributed by atoms with Gasteiger partial charge in [-0.25, -0.2) is 0 Å². The summed E-state index contributed by atoms with van der Waals surface area (Å²) in [6.45, 7) is 2.68. The Kier molecular flexibility index (Phi) is 9.77. The van der Waals surface area contributed by atoms with Crippen LogP contribution >= 0.6 is 0 Å². The molecule has 4 aromatic rings. The lowest BCUT2D eigenvalue weighted by Crippen LogP contribution is -2.41. The number of hydrogen-bond donors (Lipinski definition) is 3. The number of rotatable bonds is 12. The van der Waals surface area contributed by atoms with Gasteiger partial charge in [0.15, 0.2) is 0 Å². The van der Waals surface area contributed by atoms with E-state index in [9.17, 15) is 15.0 Å². The second-order valence-electron chi connectivity index (χ2n) is 9.96. The molecule has 0 saturated carbocycles. The summed E-state index contributed by atoms with van der Waals surface area (Å²) in [6, 6.07) is 24.1. The molecule has 0 bridgehead atoms. The van der Waals surface area contributed by atoms with Gasteiger partial charge in [0.05, 0.1) is 25.3 Å². The van der Waals surface area contributed by atoms with E-state index in [1.54, 1.807) is 23.2 Å². The molecule has 2 heterocycles. The number of aromatic nitrogens is 1. The number of nitrogens with one attached hydrogen (secondary N) is 1. The highest BCUT2D eigenvalue weighted by Crippen LogP contribution is 2.30. The third-order valence-electron chi connectivity index (χ3n) is 6.93. The number of benzene rings is 3. The Morgan fingerprint density at radius 1 is 1.00 bits per heavy atom. The first-order valence-electron chi connectivity index (χ1n) is 13.8. The minimum absolute atomic E-state index is 0.0235. The molecule has 1 unspecified atom stereocenters. The molecule has 214 valence electrons. The van der Waals surface area contributed by atoms with Crippen LogP contribution in [0.2, 0.25) is 0 Å². The van der Waals surface area contributed by atoms with Crippen LogP contribution < -0.4 is 14.8 Å². The minimum atomic E-state index is -0.705. The van der Waals surface area contributed by atoms with E-state index >= 15 is 0 Å². The Bertz CT molecular complexity index is 1410. The van der Waals surface area contributed by atoms with Gasteiger partial charge in [-0.1, -0.05) is 30.3 Å². The molecular weight excluding hydrogens is 522 g/mol. The van der Waals surface area contributed by atoms with Crippen LogP contribution in [0.5, 0.6) is 17.2 Å². The molecule has 1 aliphatic heterocycles. The van der Waals surface area contributed by atoms with E-state index in [1.807, 2.05) is 66.7 Å². The molecule has 1 aliphatic rings. The van der Waals surface area contributed by atoms with Crippen molar-refractivity contribution in [2.75, 3.05) is 46.1 Å². The van der Waals surface area contributed by atoms with Crippen molar-refractivity contribution < 1.29 is 29.2 Å². The lowest BCUT2D eigenvalue weighted by atomic mass is 10.1. The lowest BCUT2D eigenvalue weighted by molar-refractivity contribution is 0.0303.